The van der Waals surface area contributed by atoms with E-state index in [-0.39, 0.29) is 10.9 Å². The number of ether oxygens (including phenoxy) is 1. The van der Waals surface area contributed by atoms with Crippen molar-refractivity contribution >= 4 is 21.8 Å². The average molecular weight is 401 g/mol. The predicted octanol–water partition coefficient (Wildman–Crippen LogP) is 2.96. The standard InChI is InChI=1S/C21H24N2O4S/c1-16-10-12-18(13-11-16)28(25,26)22-20(15-17-7-4-3-5-8-17)23-14-6-9-19(23)21(24)27-2/h3-5,7-8,10-13,19H,6,9,14-15H2,1-2H3/b22-20-/t19-/m0/s1. The van der Waals surface area contributed by atoms with Crippen molar-refractivity contribution in [2.75, 3.05) is 13.7 Å². The topological polar surface area (TPSA) is 76.0 Å². The number of sulfonamides is 1. The van der Waals surface area contributed by atoms with Gasteiger partial charge in [0.15, 0.2) is 0 Å². The summed E-state index contributed by atoms with van der Waals surface area (Å²) in [5, 5.41) is 0. The fourth-order valence-electron chi connectivity index (χ4n) is 3.32. The number of amidine groups is 1. The summed E-state index contributed by atoms with van der Waals surface area (Å²) in [5.41, 5.74) is 1.90. The average Bonchev–Trinajstić information content (AvgIpc) is 3.18. The second kappa shape index (κ2) is 8.56. The zero-order valence-electron chi connectivity index (χ0n) is 16.0. The van der Waals surface area contributed by atoms with Crippen LogP contribution in [0.3, 0.4) is 0 Å². The van der Waals surface area contributed by atoms with Crippen molar-refractivity contribution in [2.24, 2.45) is 4.40 Å². The monoisotopic (exact) mass is 400 g/mol. The summed E-state index contributed by atoms with van der Waals surface area (Å²) in [6.45, 7) is 2.46. The van der Waals surface area contributed by atoms with Crippen LogP contribution in [0.4, 0.5) is 0 Å². The molecule has 28 heavy (non-hydrogen) atoms. The molecule has 0 saturated carbocycles. The minimum Gasteiger partial charge on any atom is -0.467 e. The Bertz CT molecular complexity index is 954. The molecule has 0 unspecified atom stereocenters. The molecule has 148 valence electrons. The highest BCUT2D eigenvalue weighted by Crippen LogP contribution is 2.23. The van der Waals surface area contributed by atoms with E-state index in [1.54, 1.807) is 29.2 Å². The van der Waals surface area contributed by atoms with Crippen molar-refractivity contribution in [1.29, 1.82) is 0 Å². The second-order valence-corrected chi connectivity index (χ2v) is 8.44. The number of likely N-dealkylation sites (tertiary alicyclic amines) is 1. The van der Waals surface area contributed by atoms with Crippen LogP contribution >= 0.6 is 0 Å². The van der Waals surface area contributed by atoms with Crippen LogP contribution in [0.25, 0.3) is 0 Å². The Morgan fingerprint density at radius 3 is 2.46 bits per heavy atom. The lowest BCUT2D eigenvalue weighted by atomic mass is 10.1. The quantitative estimate of drug-likeness (QED) is 0.438. The van der Waals surface area contributed by atoms with Crippen LogP contribution in [0, 0.1) is 6.92 Å². The largest absolute Gasteiger partial charge is 0.467 e. The molecule has 3 rings (SSSR count). The Morgan fingerprint density at radius 1 is 1.14 bits per heavy atom. The lowest BCUT2D eigenvalue weighted by molar-refractivity contribution is -0.144. The van der Waals surface area contributed by atoms with E-state index in [1.165, 1.54) is 7.11 Å². The minimum absolute atomic E-state index is 0.137. The van der Waals surface area contributed by atoms with Crippen LogP contribution in [-0.2, 0) is 26.0 Å². The van der Waals surface area contributed by atoms with Crippen LogP contribution in [0.1, 0.15) is 24.0 Å². The summed E-state index contributed by atoms with van der Waals surface area (Å²) in [6.07, 6.45) is 1.71. The predicted molar refractivity (Wildman–Crippen MR) is 108 cm³/mol. The number of methoxy groups -OCH3 is 1. The van der Waals surface area contributed by atoms with Gasteiger partial charge >= 0.3 is 5.97 Å². The van der Waals surface area contributed by atoms with E-state index >= 15 is 0 Å². The van der Waals surface area contributed by atoms with Crippen LogP contribution < -0.4 is 0 Å². The van der Waals surface area contributed by atoms with E-state index in [9.17, 15) is 13.2 Å². The van der Waals surface area contributed by atoms with Crippen LogP contribution in [0.15, 0.2) is 63.9 Å². The molecule has 1 aliphatic heterocycles. The van der Waals surface area contributed by atoms with Crippen LogP contribution in [0.2, 0.25) is 0 Å². The third-order valence-electron chi connectivity index (χ3n) is 4.81. The van der Waals surface area contributed by atoms with Gasteiger partial charge in [0, 0.05) is 13.0 Å². The van der Waals surface area contributed by atoms with Gasteiger partial charge in [-0.2, -0.15) is 8.42 Å². The van der Waals surface area contributed by atoms with Gasteiger partial charge in [-0.15, -0.1) is 4.40 Å². The third kappa shape index (κ3) is 4.59. The molecule has 1 atom stereocenters. The van der Waals surface area contributed by atoms with Gasteiger partial charge in [0.05, 0.1) is 12.0 Å². The van der Waals surface area contributed by atoms with Gasteiger partial charge in [-0.25, -0.2) is 4.79 Å². The Kier molecular flexibility index (Phi) is 6.14. The number of nitrogens with zero attached hydrogens (tertiary/aromatic N) is 2. The summed E-state index contributed by atoms with van der Waals surface area (Å²) >= 11 is 0. The maximum absolute atomic E-state index is 12.9. The van der Waals surface area contributed by atoms with Gasteiger partial charge in [0.1, 0.15) is 11.9 Å². The molecule has 1 fully saturated rings. The molecule has 0 amide bonds. The molecule has 6 nitrogen and oxygen atoms in total. The minimum atomic E-state index is -3.90. The van der Waals surface area contributed by atoms with E-state index in [4.69, 9.17) is 4.74 Å². The molecule has 0 N–H and O–H groups in total. The zero-order valence-corrected chi connectivity index (χ0v) is 16.9. The molecule has 1 saturated heterocycles. The molecule has 0 bridgehead atoms. The molecule has 0 aromatic heterocycles. The Balaban J connectivity index is 2.01. The van der Waals surface area contributed by atoms with Gasteiger partial charge in [0.2, 0.25) is 0 Å². The first-order chi connectivity index (χ1) is 13.4. The number of rotatable bonds is 5. The maximum Gasteiger partial charge on any atom is 0.328 e. The third-order valence-corrected chi connectivity index (χ3v) is 6.13. The van der Waals surface area contributed by atoms with Gasteiger partial charge in [0.25, 0.3) is 10.0 Å². The van der Waals surface area contributed by atoms with E-state index in [1.807, 2.05) is 37.3 Å². The number of esters is 1. The smallest absolute Gasteiger partial charge is 0.328 e. The number of hydrogen-bond acceptors (Lipinski definition) is 4. The highest BCUT2D eigenvalue weighted by Gasteiger charge is 2.34. The van der Waals surface area contributed by atoms with Crippen molar-refractivity contribution in [3.8, 4) is 0 Å². The zero-order chi connectivity index (χ0) is 20.1. The molecular formula is C21H24N2O4S. The Morgan fingerprint density at radius 2 is 1.82 bits per heavy atom. The van der Waals surface area contributed by atoms with Gasteiger partial charge in [-0.3, -0.25) is 0 Å². The molecule has 0 spiro atoms. The highest BCUT2D eigenvalue weighted by molar-refractivity contribution is 7.90. The van der Waals surface area contributed by atoms with Crippen molar-refractivity contribution in [3.05, 3.63) is 65.7 Å². The molecular weight excluding hydrogens is 376 g/mol. The number of carbonyl (C=O) groups is 1. The maximum atomic E-state index is 12.9. The molecule has 7 heteroatoms. The number of benzene rings is 2. The molecule has 0 aliphatic carbocycles. The van der Waals surface area contributed by atoms with Crippen molar-refractivity contribution < 1.29 is 17.9 Å². The summed E-state index contributed by atoms with van der Waals surface area (Å²) < 4.78 is 34.9. The van der Waals surface area contributed by atoms with Crippen molar-refractivity contribution in [3.63, 3.8) is 0 Å². The van der Waals surface area contributed by atoms with Crippen LogP contribution in [-0.4, -0.2) is 44.8 Å². The first-order valence-electron chi connectivity index (χ1n) is 9.19. The summed E-state index contributed by atoms with van der Waals surface area (Å²) in [7, 11) is -2.55. The molecule has 2 aromatic rings. The van der Waals surface area contributed by atoms with Crippen molar-refractivity contribution in [1.82, 2.24) is 4.90 Å². The number of hydrogen-bond donors (Lipinski definition) is 0. The van der Waals surface area contributed by atoms with Gasteiger partial charge < -0.3 is 9.64 Å². The van der Waals surface area contributed by atoms with Crippen LogP contribution in [0.5, 0.6) is 0 Å². The molecule has 1 heterocycles. The number of carbonyl (C=O) groups excluding carboxylic acids is 1. The fourth-order valence-corrected chi connectivity index (χ4v) is 4.36. The molecule has 2 aromatic carbocycles. The van der Waals surface area contributed by atoms with E-state index < -0.39 is 16.1 Å². The SMILES string of the molecule is COC(=O)[C@@H]1CCCN1/C(Cc1ccccc1)=N\S(=O)(=O)c1ccc(C)cc1. The first-order valence-corrected chi connectivity index (χ1v) is 10.6. The molecule has 1 aliphatic rings. The van der Waals surface area contributed by atoms with Gasteiger partial charge in [-0.1, -0.05) is 48.0 Å². The first kappa shape index (κ1) is 20.1. The Labute approximate surface area is 165 Å². The normalized spacial score (nSPS) is 17.6. The highest BCUT2D eigenvalue weighted by atomic mass is 32.2. The Hall–Kier alpha value is -2.67. The summed E-state index contributed by atoms with van der Waals surface area (Å²) in [6, 6.07) is 15.6. The van der Waals surface area contributed by atoms with E-state index in [0.29, 0.717) is 25.2 Å². The second-order valence-electron chi connectivity index (χ2n) is 6.83. The number of aryl methyl sites for hydroxylation is 1. The fraction of sp³-hybridized carbons (Fsp3) is 0.333. The molecule has 0 radical (unpaired) electrons. The van der Waals surface area contributed by atoms with Gasteiger partial charge in [-0.05, 0) is 37.5 Å². The van der Waals surface area contributed by atoms with Crippen molar-refractivity contribution in [2.45, 2.75) is 37.1 Å². The summed E-state index contributed by atoms with van der Waals surface area (Å²) in [4.78, 5) is 14.1. The van der Waals surface area contributed by atoms with E-state index in [2.05, 4.69) is 4.40 Å². The summed E-state index contributed by atoms with van der Waals surface area (Å²) in [5.74, 6) is -0.00864. The lowest BCUT2D eigenvalue weighted by Crippen LogP contribution is -2.42. The lowest BCUT2D eigenvalue weighted by Gasteiger charge is -2.26. The van der Waals surface area contributed by atoms with E-state index in [0.717, 1.165) is 17.5 Å².